The van der Waals surface area contributed by atoms with Gasteiger partial charge in [-0.15, -0.1) is 11.3 Å². The van der Waals surface area contributed by atoms with Crippen molar-refractivity contribution in [3.05, 3.63) is 59.6 Å². The predicted octanol–water partition coefficient (Wildman–Crippen LogP) is 4.92. The van der Waals surface area contributed by atoms with Crippen LogP contribution < -0.4 is 4.90 Å². The average Bonchev–Trinajstić information content (AvgIpc) is 3.23. The Balaban J connectivity index is 1.30. The minimum atomic E-state index is 0.0904. The second kappa shape index (κ2) is 8.15. The van der Waals surface area contributed by atoms with Crippen molar-refractivity contribution in [2.45, 2.75) is 31.6 Å². The lowest BCUT2D eigenvalue weighted by atomic mass is 9.78. The summed E-state index contributed by atoms with van der Waals surface area (Å²) in [6.07, 6.45) is 4.44. The number of rotatable bonds is 3. The largest absolute Gasteiger partial charge is 0.368 e. The lowest BCUT2D eigenvalue weighted by Crippen LogP contribution is -2.51. The number of anilines is 1. The first-order valence-corrected chi connectivity index (χ1v) is 11.6. The van der Waals surface area contributed by atoms with E-state index in [-0.39, 0.29) is 11.8 Å². The highest BCUT2D eigenvalue weighted by molar-refractivity contribution is 7.18. The quantitative estimate of drug-likeness (QED) is 0.621. The van der Waals surface area contributed by atoms with Crippen LogP contribution in [0.1, 0.15) is 36.6 Å². The fourth-order valence-corrected chi connectivity index (χ4v) is 6.00. The van der Waals surface area contributed by atoms with Gasteiger partial charge in [0.1, 0.15) is 0 Å². The Morgan fingerprint density at radius 3 is 2.41 bits per heavy atom. The second-order valence-electron chi connectivity index (χ2n) is 8.17. The maximum Gasteiger partial charge on any atom is 0.226 e. The molecule has 2 aliphatic rings. The number of carbonyl (C=O) groups is 1. The van der Waals surface area contributed by atoms with Crippen LogP contribution in [-0.2, 0) is 4.79 Å². The summed E-state index contributed by atoms with van der Waals surface area (Å²) >= 11 is 1.78. The molecule has 0 radical (unpaired) electrons. The zero-order valence-corrected chi connectivity index (χ0v) is 17.5. The Kier molecular flexibility index (Phi) is 5.23. The van der Waals surface area contributed by atoms with E-state index in [0.717, 1.165) is 56.0 Å². The van der Waals surface area contributed by atoms with Crippen molar-refractivity contribution in [2.75, 3.05) is 31.1 Å². The highest BCUT2D eigenvalue weighted by Crippen LogP contribution is 2.41. The summed E-state index contributed by atoms with van der Waals surface area (Å²) in [6.45, 7) is 3.45. The maximum atomic E-state index is 13.5. The van der Waals surface area contributed by atoms with E-state index in [9.17, 15) is 4.79 Å². The molecule has 2 aromatic carbocycles. The van der Waals surface area contributed by atoms with Crippen LogP contribution in [0.4, 0.5) is 5.69 Å². The third-order valence-electron chi connectivity index (χ3n) is 6.42. The molecule has 5 rings (SSSR count). The van der Waals surface area contributed by atoms with Crippen molar-refractivity contribution in [1.82, 2.24) is 9.88 Å². The molecule has 1 saturated carbocycles. The standard InChI is InChI=1S/C24H27N3OS/c28-24(27-16-14-26(15-17-27)18-8-2-1-3-9-18)20-11-5-4-10-19(20)23-25-21-12-6-7-13-22(21)29-23/h1-3,6-9,12-13,19-20H,4-5,10-11,14-17H2/t19-,20+/m0/s1. The Labute approximate surface area is 176 Å². The first-order valence-electron chi connectivity index (χ1n) is 10.7. The smallest absolute Gasteiger partial charge is 0.226 e. The number of fused-ring (bicyclic) bond motifs is 1. The molecule has 4 nitrogen and oxygen atoms in total. The number of hydrogen-bond acceptors (Lipinski definition) is 4. The minimum Gasteiger partial charge on any atom is -0.368 e. The number of hydrogen-bond donors (Lipinski definition) is 0. The summed E-state index contributed by atoms with van der Waals surface area (Å²) in [5.41, 5.74) is 2.32. The van der Waals surface area contributed by atoms with Gasteiger partial charge >= 0.3 is 0 Å². The van der Waals surface area contributed by atoms with E-state index in [2.05, 4.69) is 58.3 Å². The number of benzene rings is 2. The Morgan fingerprint density at radius 1 is 0.897 bits per heavy atom. The van der Waals surface area contributed by atoms with Gasteiger partial charge in [0.25, 0.3) is 0 Å². The van der Waals surface area contributed by atoms with Crippen LogP contribution in [0.2, 0.25) is 0 Å². The van der Waals surface area contributed by atoms with E-state index in [1.807, 2.05) is 6.07 Å². The van der Waals surface area contributed by atoms with Crippen LogP contribution in [-0.4, -0.2) is 42.0 Å². The minimum absolute atomic E-state index is 0.0904. The van der Waals surface area contributed by atoms with Crippen LogP contribution in [0, 0.1) is 5.92 Å². The summed E-state index contributed by atoms with van der Waals surface area (Å²) < 4.78 is 1.23. The fourth-order valence-electron chi connectivity index (χ4n) is 4.83. The van der Waals surface area contributed by atoms with Crippen LogP contribution in [0.3, 0.4) is 0 Å². The topological polar surface area (TPSA) is 36.4 Å². The van der Waals surface area contributed by atoms with Crippen molar-refractivity contribution >= 4 is 33.1 Å². The van der Waals surface area contributed by atoms with Crippen LogP contribution >= 0.6 is 11.3 Å². The summed E-state index contributed by atoms with van der Waals surface area (Å²) in [4.78, 5) is 22.9. The summed E-state index contributed by atoms with van der Waals surface area (Å²) in [6, 6.07) is 18.9. The molecule has 3 aromatic rings. The molecule has 0 spiro atoms. The SMILES string of the molecule is O=C([C@@H]1CCCC[C@@H]1c1nc2ccccc2s1)N1CCN(c2ccccc2)CC1. The van der Waals surface area contributed by atoms with Gasteiger partial charge in [-0.2, -0.15) is 0 Å². The first kappa shape index (κ1) is 18.6. The van der Waals surface area contributed by atoms with Gasteiger partial charge < -0.3 is 9.80 Å². The molecule has 150 valence electrons. The first-order chi connectivity index (χ1) is 14.3. The molecule has 2 fully saturated rings. The van der Waals surface area contributed by atoms with E-state index in [1.54, 1.807) is 11.3 Å². The third kappa shape index (κ3) is 3.76. The Bertz CT molecular complexity index is 945. The predicted molar refractivity (Wildman–Crippen MR) is 120 cm³/mol. The van der Waals surface area contributed by atoms with E-state index in [0.29, 0.717) is 5.91 Å². The normalized spacial score (nSPS) is 22.8. The van der Waals surface area contributed by atoms with Gasteiger partial charge in [0, 0.05) is 43.7 Å². The van der Waals surface area contributed by atoms with Gasteiger partial charge in [-0.05, 0) is 37.1 Å². The zero-order valence-electron chi connectivity index (χ0n) is 16.7. The molecule has 0 unspecified atom stereocenters. The zero-order chi connectivity index (χ0) is 19.6. The monoisotopic (exact) mass is 405 g/mol. The summed E-state index contributed by atoms with van der Waals surface area (Å²) in [5.74, 6) is 0.718. The molecule has 1 aliphatic heterocycles. The Morgan fingerprint density at radius 2 is 1.62 bits per heavy atom. The highest BCUT2D eigenvalue weighted by Gasteiger charge is 2.37. The highest BCUT2D eigenvalue weighted by atomic mass is 32.1. The van der Waals surface area contributed by atoms with Crippen molar-refractivity contribution in [2.24, 2.45) is 5.92 Å². The molecule has 1 aliphatic carbocycles. The lowest BCUT2D eigenvalue weighted by Gasteiger charge is -2.39. The number of para-hydroxylation sites is 2. The number of amides is 1. The molecular weight excluding hydrogens is 378 g/mol. The molecule has 29 heavy (non-hydrogen) atoms. The van der Waals surface area contributed by atoms with E-state index >= 15 is 0 Å². The van der Waals surface area contributed by atoms with Gasteiger partial charge in [-0.25, -0.2) is 4.98 Å². The van der Waals surface area contributed by atoms with Gasteiger partial charge in [-0.1, -0.05) is 43.2 Å². The number of nitrogens with zero attached hydrogens (tertiary/aromatic N) is 3. The van der Waals surface area contributed by atoms with Crippen LogP contribution in [0.15, 0.2) is 54.6 Å². The molecule has 5 heteroatoms. The fraction of sp³-hybridized carbons (Fsp3) is 0.417. The molecule has 0 bridgehead atoms. The van der Waals surface area contributed by atoms with Gasteiger partial charge in [0.15, 0.2) is 0 Å². The number of carbonyl (C=O) groups excluding carboxylic acids is 1. The van der Waals surface area contributed by atoms with Crippen molar-refractivity contribution in [3.63, 3.8) is 0 Å². The summed E-state index contributed by atoms with van der Waals surface area (Å²) in [5, 5.41) is 1.16. The van der Waals surface area contributed by atoms with Crippen molar-refractivity contribution < 1.29 is 4.79 Å². The van der Waals surface area contributed by atoms with E-state index in [4.69, 9.17) is 4.98 Å². The van der Waals surface area contributed by atoms with Gasteiger partial charge in [-0.3, -0.25) is 4.79 Å². The average molecular weight is 406 g/mol. The molecule has 2 atom stereocenters. The maximum absolute atomic E-state index is 13.5. The van der Waals surface area contributed by atoms with Crippen molar-refractivity contribution in [1.29, 1.82) is 0 Å². The molecule has 2 heterocycles. The van der Waals surface area contributed by atoms with E-state index in [1.165, 1.54) is 16.8 Å². The Hall–Kier alpha value is -2.40. The molecular formula is C24H27N3OS. The molecule has 1 saturated heterocycles. The van der Waals surface area contributed by atoms with Crippen molar-refractivity contribution in [3.8, 4) is 0 Å². The van der Waals surface area contributed by atoms with Gasteiger partial charge in [0.05, 0.1) is 15.2 Å². The van der Waals surface area contributed by atoms with E-state index < -0.39 is 0 Å². The van der Waals surface area contributed by atoms with Crippen LogP contribution in [0.5, 0.6) is 0 Å². The number of thiazole rings is 1. The lowest BCUT2D eigenvalue weighted by molar-refractivity contribution is -0.137. The molecule has 1 amide bonds. The number of piperazine rings is 1. The molecule has 1 aromatic heterocycles. The van der Waals surface area contributed by atoms with Crippen LogP contribution in [0.25, 0.3) is 10.2 Å². The second-order valence-corrected chi connectivity index (χ2v) is 9.23. The summed E-state index contributed by atoms with van der Waals surface area (Å²) in [7, 11) is 0. The number of aromatic nitrogens is 1. The third-order valence-corrected chi connectivity index (χ3v) is 7.59. The van der Waals surface area contributed by atoms with Gasteiger partial charge in [0.2, 0.25) is 5.91 Å². The molecule has 0 N–H and O–H groups in total.